The lowest BCUT2D eigenvalue weighted by molar-refractivity contribution is 0.188. The number of nitrogens with zero attached hydrogens (tertiary/aromatic N) is 5. The lowest BCUT2D eigenvalue weighted by Crippen LogP contribution is -2.61. The highest BCUT2D eigenvalue weighted by molar-refractivity contribution is 6.01. The van der Waals surface area contributed by atoms with Crippen LogP contribution in [0.4, 0.5) is 14.6 Å². The number of piperidine rings is 2. The molecule has 8 rings (SSSR count). The average Bonchev–Trinajstić information content (AvgIpc) is 3.44. The number of rotatable bonds is 6. The molecule has 6 heterocycles. The van der Waals surface area contributed by atoms with Crippen LogP contribution in [0.15, 0.2) is 30.5 Å². The second-order valence-corrected chi connectivity index (χ2v) is 11.3. The molecule has 0 radical (unpaired) electrons. The number of hydrogen-bond acceptors (Lipinski definition) is 8. The number of anilines is 1. The summed E-state index contributed by atoms with van der Waals surface area (Å²) in [6, 6.07) is 5.45. The molecule has 4 aliphatic heterocycles. The smallest absolute Gasteiger partial charge is 0.319 e. The second-order valence-electron chi connectivity index (χ2n) is 11.3. The van der Waals surface area contributed by atoms with Gasteiger partial charge in [-0.3, -0.25) is 4.98 Å². The van der Waals surface area contributed by atoms with Gasteiger partial charge in [-0.25, -0.2) is 8.78 Å². The van der Waals surface area contributed by atoms with Crippen LogP contribution in [-0.2, 0) is 6.42 Å². The number of likely N-dealkylation sites (tertiary alicyclic amines) is 1. The Morgan fingerprint density at radius 2 is 2.07 bits per heavy atom. The summed E-state index contributed by atoms with van der Waals surface area (Å²) in [5.41, 5.74) is 0.482. The van der Waals surface area contributed by atoms with Crippen LogP contribution in [0, 0.1) is 11.6 Å². The van der Waals surface area contributed by atoms with E-state index in [1.165, 1.54) is 24.4 Å². The number of nitrogens with one attached hydrogen (secondary N) is 1. The summed E-state index contributed by atoms with van der Waals surface area (Å²) in [5.74, 6) is -0.847. The van der Waals surface area contributed by atoms with Crippen LogP contribution in [0.3, 0.4) is 0 Å². The van der Waals surface area contributed by atoms with E-state index in [4.69, 9.17) is 7.48 Å². The minimum absolute atomic E-state index is 0.0686. The predicted molar refractivity (Wildman–Crippen MR) is 155 cm³/mol. The topological polar surface area (TPSA) is 86.6 Å². The minimum atomic E-state index is -2.11. The van der Waals surface area contributed by atoms with Crippen LogP contribution in [0.1, 0.15) is 40.9 Å². The molecule has 2 unspecified atom stereocenters. The maximum Gasteiger partial charge on any atom is 0.319 e. The number of ether oxygens (including phenoxy) is 1. The molecule has 4 fully saturated rings. The minimum Gasteiger partial charge on any atom is -0.508 e. The van der Waals surface area contributed by atoms with Crippen LogP contribution in [0.5, 0.6) is 11.8 Å². The molecule has 2 N–H and O–H groups in total. The number of pyridine rings is 1. The van der Waals surface area contributed by atoms with Gasteiger partial charge in [0.2, 0.25) is 0 Å². The fourth-order valence-corrected chi connectivity index (χ4v) is 6.65. The van der Waals surface area contributed by atoms with E-state index in [1.54, 1.807) is 6.07 Å². The molecule has 4 aliphatic rings. The number of halogens is 2. The summed E-state index contributed by atoms with van der Waals surface area (Å²) in [7, 11) is 1.85. The van der Waals surface area contributed by atoms with Crippen molar-refractivity contribution in [1.29, 1.82) is 0 Å². The van der Waals surface area contributed by atoms with Gasteiger partial charge >= 0.3 is 6.01 Å². The number of phenolic OH excluding ortho intramolecular Hbond substituents is 1. The SMILES string of the molecule is [2H]C([2H])(Oc1nc(N2CC3CCC2CN3)c2cnc(-c3cc(O)cc4ccc(F)c(CC)c34)c(F)c2n1)[C@@H]1CCCN1C. The third-order valence-electron chi connectivity index (χ3n) is 8.83. The first kappa shape index (κ1) is 24.0. The van der Waals surface area contributed by atoms with Gasteiger partial charge in [-0.2, -0.15) is 9.97 Å². The van der Waals surface area contributed by atoms with Gasteiger partial charge in [-0.05, 0) is 80.2 Å². The molecule has 4 aromatic rings. The van der Waals surface area contributed by atoms with E-state index in [1.807, 2.05) is 18.9 Å². The molecule has 2 bridgehead atoms. The number of aryl methyl sites for hydroxylation is 1. The van der Waals surface area contributed by atoms with Crippen LogP contribution in [-0.4, -0.2) is 76.3 Å². The largest absolute Gasteiger partial charge is 0.508 e. The molecule has 10 heteroatoms. The molecule has 4 saturated heterocycles. The van der Waals surface area contributed by atoms with Gasteiger partial charge in [-0.1, -0.05) is 13.0 Å². The Kier molecular flexibility index (Phi) is 6.05. The van der Waals surface area contributed by atoms with Crippen molar-refractivity contribution in [1.82, 2.24) is 25.2 Å². The normalized spacial score (nSPS) is 23.8. The van der Waals surface area contributed by atoms with Gasteiger partial charge in [0.05, 0.1) is 8.13 Å². The molecule has 8 nitrogen and oxygen atoms in total. The second kappa shape index (κ2) is 10.3. The number of likely N-dealkylation sites (N-methyl/N-ethyl adjacent to an activating group) is 1. The highest BCUT2D eigenvalue weighted by Gasteiger charge is 2.36. The number of benzene rings is 2. The summed E-state index contributed by atoms with van der Waals surface area (Å²) in [6.45, 7) is 1.88. The average molecular weight is 563 g/mol. The van der Waals surface area contributed by atoms with Crippen molar-refractivity contribution in [3.63, 3.8) is 0 Å². The predicted octanol–water partition coefficient (Wildman–Crippen LogP) is 4.80. The van der Waals surface area contributed by atoms with Crippen molar-refractivity contribution < 1.29 is 21.4 Å². The summed E-state index contributed by atoms with van der Waals surface area (Å²) in [5, 5.41) is 15.5. The van der Waals surface area contributed by atoms with Crippen LogP contribution in [0.25, 0.3) is 32.9 Å². The molecule has 0 saturated carbocycles. The van der Waals surface area contributed by atoms with E-state index < -0.39 is 24.2 Å². The Labute approximate surface area is 240 Å². The lowest BCUT2D eigenvalue weighted by Gasteiger charge is -2.46. The number of aromatic nitrogens is 3. The molecule has 2 aromatic heterocycles. The first-order valence-corrected chi connectivity index (χ1v) is 14.3. The van der Waals surface area contributed by atoms with E-state index >= 15 is 4.39 Å². The fourth-order valence-electron chi connectivity index (χ4n) is 6.65. The Balaban J connectivity index is 1.43. The van der Waals surface area contributed by atoms with Crippen molar-refractivity contribution in [2.75, 3.05) is 38.1 Å². The van der Waals surface area contributed by atoms with Crippen LogP contribution in [0.2, 0.25) is 0 Å². The van der Waals surface area contributed by atoms with E-state index in [-0.39, 0.29) is 40.6 Å². The molecule has 0 spiro atoms. The summed E-state index contributed by atoms with van der Waals surface area (Å²) in [6.07, 6.45) is 5.32. The number of phenols is 1. The van der Waals surface area contributed by atoms with Gasteiger partial charge in [0.1, 0.15) is 35.2 Å². The molecule has 41 heavy (non-hydrogen) atoms. The maximum absolute atomic E-state index is 16.7. The third-order valence-corrected chi connectivity index (χ3v) is 8.83. The molecule has 0 amide bonds. The highest BCUT2D eigenvalue weighted by Crippen LogP contribution is 2.40. The molecule has 2 aromatic carbocycles. The first-order valence-electron chi connectivity index (χ1n) is 15.3. The first-order chi connectivity index (χ1) is 20.6. The number of hydrogen-bond donors (Lipinski definition) is 2. The van der Waals surface area contributed by atoms with E-state index in [9.17, 15) is 9.50 Å². The Bertz CT molecular complexity index is 1730. The molecule has 214 valence electrons. The Morgan fingerprint density at radius 3 is 2.78 bits per heavy atom. The zero-order chi connectivity index (χ0) is 30.0. The Hall–Kier alpha value is -3.63. The van der Waals surface area contributed by atoms with Crippen molar-refractivity contribution >= 4 is 27.5 Å². The number of piperazine rings is 1. The van der Waals surface area contributed by atoms with Crippen molar-refractivity contribution in [3.05, 3.63) is 47.7 Å². The quantitative estimate of drug-likeness (QED) is 0.347. The Morgan fingerprint density at radius 1 is 1.20 bits per heavy atom. The highest BCUT2D eigenvalue weighted by atomic mass is 19.1. The van der Waals surface area contributed by atoms with Crippen molar-refractivity contribution in [3.8, 4) is 23.0 Å². The van der Waals surface area contributed by atoms with E-state index in [0.29, 0.717) is 46.9 Å². The fraction of sp³-hybridized carbons (Fsp3) is 0.452. The molecular weight excluding hydrogens is 526 g/mol. The lowest BCUT2D eigenvalue weighted by atomic mass is 9.92. The van der Waals surface area contributed by atoms with E-state index in [2.05, 4.69) is 25.2 Å². The van der Waals surface area contributed by atoms with Gasteiger partial charge in [0, 0.05) is 43.0 Å². The number of aromatic hydroxyl groups is 1. The van der Waals surface area contributed by atoms with Gasteiger partial charge in [0.25, 0.3) is 0 Å². The monoisotopic (exact) mass is 562 g/mol. The number of fused-ring (bicyclic) bond motifs is 5. The van der Waals surface area contributed by atoms with Gasteiger partial charge in [0.15, 0.2) is 5.82 Å². The molecule has 3 atom stereocenters. The van der Waals surface area contributed by atoms with Crippen LogP contribution < -0.4 is 15.0 Å². The van der Waals surface area contributed by atoms with Crippen molar-refractivity contribution in [2.45, 2.75) is 57.2 Å². The van der Waals surface area contributed by atoms with E-state index in [0.717, 1.165) is 32.4 Å². The zero-order valence-corrected chi connectivity index (χ0v) is 23.1. The molecular formula is C31H34F2N6O2. The zero-order valence-electron chi connectivity index (χ0n) is 25.1. The van der Waals surface area contributed by atoms with Gasteiger partial charge in [-0.15, -0.1) is 0 Å². The van der Waals surface area contributed by atoms with Crippen molar-refractivity contribution in [2.24, 2.45) is 0 Å². The van der Waals surface area contributed by atoms with Gasteiger partial charge < -0.3 is 25.0 Å². The summed E-state index contributed by atoms with van der Waals surface area (Å²) < 4.78 is 55.0. The standard InChI is InChI=1S/C31H34F2N6O2/c1-3-22-25(32)9-6-17-11-21(40)12-23(26(17)22)28-27(33)29-24(14-35-28)30(39-15-18-7-8-19(39)13-34-18)37-31(36-29)41-16-20-5-4-10-38(20)2/h6,9,11-12,14,18-20,34,40H,3-5,7-8,10,13,15-16H2,1-2H3/t18?,19?,20-/m0/s1/i16D2. The summed E-state index contributed by atoms with van der Waals surface area (Å²) in [4.78, 5) is 17.7. The summed E-state index contributed by atoms with van der Waals surface area (Å²) >= 11 is 0. The maximum atomic E-state index is 16.7. The third kappa shape index (κ3) is 4.53. The van der Waals surface area contributed by atoms with Crippen LogP contribution >= 0.6 is 0 Å². The molecule has 0 aliphatic carbocycles.